The lowest BCUT2D eigenvalue weighted by atomic mass is 9.70. The summed E-state index contributed by atoms with van der Waals surface area (Å²) >= 11 is 0. The minimum absolute atomic E-state index is 0.225. The van der Waals surface area contributed by atoms with Crippen LogP contribution in [0.25, 0.3) is 0 Å². The first-order valence-electron chi connectivity index (χ1n) is 9.39. The minimum atomic E-state index is -4.49. The van der Waals surface area contributed by atoms with Gasteiger partial charge < -0.3 is 4.55 Å². The Kier molecular flexibility index (Phi) is 7.56. The maximum Gasteiger partial charge on any atom is 0.184 e. The molecule has 152 valence electrons. The molecule has 3 unspecified atom stereocenters. The highest BCUT2D eigenvalue weighted by atomic mass is 32.2. The average Bonchev–Trinajstić information content (AvgIpc) is 2.84. The topological polar surface area (TPSA) is 91.3 Å². The van der Waals surface area contributed by atoms with E-state index in [9.17, 15) is 22.6 Å². The Balaban J connectivity index is 0.000000276. The summed E-state index contributed by atoms with van der Waals surface area (Å²) in [4.78, 5) is 23.2. The van der Waals surface area contributed by atoms with Crippen LogP contribution in [0.2, 0.25) is 0 Å². The summed E-state index contributed by atoms with van der Waals surface area (Å²) in [5.41, 5.74) is -0.994. The minimum Gasteiger partial charge on any atom is -0.747 e. The van der Waals surface area contributed by atoms with Crippen LogP contribution in [0.4, 0.5) is 0 Å². The molecular formula is C19H34O5S2. The second kappa shape index (κ2) is 8.31. The third-order valence-corrected chi connectivity index (χ3v) is 10.1. The van der Waals surface area contributed by atoms with Crippen LogP contribution in [0.5, 0.6) is 0 Å². The van der Waals surface area contributed by atoms with Gasteiger partial charge >= 0.3 is 0 Å². The molecule has 0 spiro atoms. The van der Waals surface area contributed by atoms with Gasteiger partial charge in [0.15, 0.2) is 17.3 Å². The number of carbonyl (C=O) groups is 2. The zero-order valence-electron chi connectivity index (χ0n) is 17.1. The molecule has 2 fully saturated rings. The van der Waals surface area contributed by atoms with E-state index in [-0.39, 0.29) is 23.0 Å². The molecule has 2 saturated carbocycles. The van der Waals surface area contributed by atoms with E-state index in [4.69, 9.17) is 0 Å². The van der Waals surface area contributed by atoms with Crippen molar-refractivity contribution >= 4 is 32.6 Å². The van der Waals surface area contributed by atoms with Gasteiger partial charge in [0.25, 0.3) is 0 Å². The highest BCUT2D eigenvalue weighted by Gasteiger charge is 2.67. The van der Waals surface area contributed by atoms with Crippen LogP contribution < -0.4 is 0 Å². The lowest BCUT2D eigenvalue weighted by Crippen LogP contribution is -2.38. The Hall–Kier alpha value is -0.400. The van der Waals surface area contributed by atoms with Crippen molar-refractivity contribution in [2.24, 2.45) is 22.7 Å². The van der Waals surface area contributed by atoms with E-state index in [1.807, 2.05) is 27.7 Å². The maximum atomic E-state index is 12.0. The van der Waals surface area contributed by atoms with Gasteiger partial charge in [-0.05, 0) is 48.9 Å². The van der Waals surface area contributed by atoms with Crippen LogP contribution in [-0.2, 0) is 30.6 Å². The quantitative estimate of drug-likeness (QED) is 0.500. The second-order valence-electron chi connectivity index (χ2n) is 8.43. The van der Waals surface area contributed by atoms with Crippen molar-refractivity contribution in [3.8, 4) is 0 Å². The van der Waals surface area contributed by atoms with Crippen LogP contribution >= 0.6 is 0 Å². The lowest BCUT2D eigenvalue weighted by Gasteiger charge is -2.32. The number of carbonyl (C=O) groups excluding carboxylic acids is 2. The van der Waals surface area contributed by atoms with Crippen LogP contribution in [0.3, 0.4) is 0 Å². The van der Waals surface area contributed by atoms with Crippen LogP contribution in [0, 0.1) is 22.7 Å². The van der Waals surface area contributed by atoms with E-state index in [1.165, 1.54) is 0 Å². The van der Waals surface area contributed by atoms with Gasteiger partial charge in [0, 0.05) is 11.3 Å². The average molecular weight is 407 g/mol. The first kappa shape index (κ1) is 23.6. The van der Waals surface area contributed by atoms with Crippen LogP contribution in [0.1, 0.15) is 61.3 Å². The molecule has 0 N–H and O–H groups in total. The fraction of sp³-hybridized carbons (Fsp3) is 0.895. The molecule has 3 atom stereocenters. The molecule has 2 rings (SSSR count). The van der Waals surface area contributed by atoms with E-state index in [1.54, 1.807) is 6.92 Å². The van der Waals surface area contributed by atoms with Crippen molar-refractivity contribution in [1.29, 1.82) is 0 Å². The van der Waals surface area contributed by atoms with Crippen LogP contribution in [0.15, 0.2) is 0 Å². The molecular weight excluding hydrogens is 372 g/mol. The molecule has 2 bridgehead atoms. The summed E-state index contributed by atoms with van der Waals surface area (Å²) < 4.78 is 33.3. The number of fused-ring (bicyclic) bond motifs is 2. The normalized spacial score (nSPS) is 29.8. The monoisotopic (exact) mass is 406 g/mol. The molecule has 2 aliphatic carbocycles. The number of Topliss-reactive ketones (excluding diaryl/α,β-unsaturated/α-hetero) is 2. The van der Waals surface area contributed by atoms with Gasteiger partial charge in [-0.15, -0.1) is 0 Å². The van der Waals surface area contributed by atoms with Gasteiger partial charge in [-0.1, -0.05) is 34.6 Å². The highest BCUT2D eigenvalue weighted by molar-refractivity contribution is 7.97. The summed E-state index contributed by atoms with van der Waals surface area (Å²) in [6.45, 7) is 13.9. The highest BCUT2D eigenvalue weighted by Crippen LogP contribution is 2.64. The predicted octanol–water partition coefficient (Wildman–Crippen LogP) is 2.80. The van der Waals surface area contributed by atoms with Crippen LogP contribution in [-0.4, -0.2) is 47.0 Å². The number of hydrogen-bond donors (Lipinski definition) is 0. The molecule has 26 heavy (non-hydrogen) atoms. The third kappa shape index (κ3) is 4.36. The molecule has 0 amide bonds. The van der Waals surface area contributed by atoms with Gasteiger partial charge in [-0.25, -0.2) is 8.42 Å². The Bertz CT molecular complexity index is 634. The summed E-state index contributed by atoms with van der Waals surface area (Å²) in [6, 6.07) is 0. The van der Waals surface area contributed by atoms with Gasteiger partial charge in [-0.2, -0.15) is 0 Å². The van der Waals surface area contributed by atoms with Gasteiger partial charge in [-0.3, -0.25) is 9.59 Å². The molecule has 0 heterocycles. The fourth-order valence-electron chi connectivity index (χ4n) is 4.11. The molecule has 0 aromatic rings. The Morgan fingerprint density at radius 3 is 2.00 bits per heavy atom. The van der Waals surface area contributed by atoms with Crippen molar-refractivity contribution in [2.75, 3.05) is 17.3 Å². The summed E-state index contributed by atoms with van der Waals surface area (Å²) in [6.07, 6.45) is 1.37. The Morgan fingerprint density at radius 2 is 1.73 bits per heavy atom. The summed E-state index contributed by atoms with van der Waals surface area (Å²) in [7, 11) is -4.13. The standard InChI is InChI=1S/C10H16O4S.C9H19OS/c1-9(2)6-4-5-10(9,3)8(11)7(6)15(12,13)14;1-5-11(6-2)7-9(10)8(3)4/h6-7H,4-5H2,1-3H3,(H,12,13,14);8H,5-7H2,1-4H3/q;+1/p-1. The third-order valence-electron chi connectivity index (χ3n) is 6.59. The van der Waals surface area contributed by atoms with E-state index >= 15 is 0 Å². The molecule has 7 heteroatoms. The van der Waals surface area contributed by atoms with E-state index < -0.39 is 20.8 Å². The second-order valence-corrected chi connectivity index (χ2v) is 12.6. The lowest BCUT2D eigenvalue weighted by molar-refractivity contribution is -0.128. The molecule has 0 saturated heterocycles. The Labute approximate surface area is 161 Å². The Morgan fingerprint density at radius 1 is 1.23 bits per heavy atom. The first-order chi connectivity index (χ1) is 11.7. The van der Waals surface area contributed by atoms with Gasteiger partial charge in [0.1, 0.15) is 26.9 Å². The van der Waals surface area contributed by atoms with E-state index in [2.05, 4.69) is 13.8 Å². The van der Waals surface area contributed by atoms with Gasteiger partial charge in [0.2, 0.25) is 0 Å². The zero-order chi connectivity index (χ0) is 20.5. The molecule has 0 aromatic carbocycles. The van der Waals surface area contributed by atoms with Crippen molar-refractivity contribution in [3.05, 3.63) is 0 Å². The number of ketones is 2. The number of rotatable bonds is 6. The van der Waals surface area contributed by atoms with Crippen molar-refractivity contribution in [2.45, 2.75) is 66.6 Å². The van der Waals surface area contributed by atoms with Crippen molar-refractivity contribution in [3.63, 3.8) is 0 Å². The number of hydrogen-bond acceptors (Lipinski definition) is 5. The van der Waals surface area contributed by atoms with E-state index in [0.717, 1.165) is 17.3 Å². The van der Waals surface area contributed by atoms with Crippen molar-refractivity contribution in [1.82, 2.24) is 0 Å². The molecule has 5 nitrogen and oxygen atoms in total. The smallest absolute Gasteiger partial charge is 0.184 e. The molecule has 0 aliphatic heterocycles. The first-order valence-corrected chi connectivity index (χ1v) is 12.6. The molecule has 0 radical (unpaired) electrons. The molecule has 2 aliphatic rings. The van der Waals surface area contributed by atoms with E-state index in [0.29, 0.717) is 29.5 Å². The summed E-state index contributed by atoms with van der Waals surface area (Å²) in [5, 5.41) is -1.30. The van der Waals surface area contributed by atoms with Gasteiger partial charge in [0.05, 0.1) is 0 Å². The zero-order valence-corrected chi connectivity index (χ0v) is 18.8. The fourth-order valence-corrected chi connectivity index (χ4v) is 7.07. The van der Waals surface area contributed by atoms with Crippen molar-refractivity contribution < 1.29 is 22.6 Å². The predicted molar refractivity (Wildman–Crippen MR) is 106 cm³/mol. The molecule has 0 aromatic heterocycles. The maximum absolute atomic E-state index is 12.0. The largest absolute Gasteiger partial charge is 0.747 e. The SMILES string of the molecule is CC12CCC(C(S(=O)(=O)[O-])C1=O)C2(C)C.CC[S+](CC)CC(=O)C(C)C. The summed E-state index contributed by atoms with van der Waals surface area (Å²) in [5.74, 6) is 3.13.